The van der Waals surface area contributed by atoms with E-state index in [1.807, 2.05) is 6.08 Å². The smallest absolute Gasteiger partial charge is 0.433 e. The van der Waals surface area contributed by atoms with Gasteiger partial charge in [-0.15, -0.1) is 6.58 Å². The van der Waals surface area contributed by atoms with Crippen LogP contribution in [0.1, 0.15) is 32.1 Å². The van der Waals surface area contributed by atoms with Crippen molar-refractivity contribution in [3.63, 3.8) is 0 Å². The van der Waals surface area contributed by atoms with E-state index in [0.29, 0.717) is 6.42 Å². The molecular weight excluding hydrogens is 240 g/mol. The van der Waals surface area contributed by atoms with Gasteiger partial charge in [0, 0.05) is 6.42 Å². The minimum atomic E-state index is -1.30. The molecule has 0 radical (unpaired) electrons. The van der Waals surface area contributed by atoms with E-state index >= 15 is 0 Å². The summed E-state index contributed by atoms with van der Waals surface area (Å²) in [5.74, 6) is -0.196. The van der Waals surface area contributed by atoms with Crippen LogP contribution >= 0.6 is 11.8 Å². The lowest BCUT2D eigenvalue weighted by Gasteiger charge is -2.04. The van der Waals surface area contributed by atoms with Crippen molar-refractivity contribution in [1.82, 2.24) is 5.32 Å². The monoisotopic (exact) mass is 258 g/mol. The molecular formula is C11H18N2O3S. The van der Waals surface area contributed by atoms with E-state index in [-0.39, 0.29) is 11.1 Å². The Morgan fingerprint density at radius 1 is 1.41 bits per heavy atom. The summed E-state index contributed by atoms with van der Waals surface area (Å²) in [5, 5.41) is 11.0. The number of unbranched alkanes of at least 4 members (excludes halogenated alkanes) is 3. The van der Waals surface area contributed by atoms with E-state index in [1.165, 1.54) is 0 Å². The molecule has 0 bridgehead atoms. The van der Waals surface area contributed by atoms with Crippen LogP contribution in [0, 0.1) is 0 Å². The van der Waals surface area contributed by atoms with Crippen LogP contribution in [-0.2, 0) is 4.79 Å². The van der Waals surface area contributed by atoms with E-state index < -0.39 is 6.09 Å². The molecule has 0 aliphatic rings. The van der Waals surface area contributed by atoms with Gasteiger partial charge in [-0.2, -0.15) is 4.99 Å². The van der Waals surface area contributed by atoms with E-state index in [9.17, 15) is 9.59 Å². The van der Waals surface area contributed by atoms with E-state index in [0.717, 1.165) is 37.4 Å². The topological polar surface area (TPSA) is 78.8 Å². The molecule has 0 aliphatic carbocycles. The number of nitrogens with one attached hydrogen (secondary N) is 1. The molecule has 0 aromatic rings. The first-order chi connectivity index (χ1) is 8.10. The van der Waals surface area contributed by atoms with Crippen molar-refractivity contribution in [1.29, 1.82) is 0 Å². The van der Waals surface area contributed by atoms with Gasteiger partial charge in [0.25, 0.3) is 0 Å². The number of carboxylic acid groups (broad SMARTS) is 1. The summed E-state index contributed by atoms with van der Waals surface area (Å²) in [5.41, 5.74) is 0. The molecule has 2 amide bonds. The number of carbonyl (C=O) groups is 2. The van der Waals surface area contributed by atoms with Crippen molar-refractivity contribution >= 4 is 28.9 Å². The molecule has 0 saturated heterocycles. The van der Waals surface area contributed by atoms with Gasteiger partial charge >= 0.3 is 6.09 Å². The molecule has 5 nitrogen and oxygen atoms in total. The van der Waals surface area contributed by atoms with Gasteiger partial charge in [-0.1, -0.05) is 24.3 Å². The number of rotatable bonds is 6. The molecule has 0 spiro atoms. The molecule has 96 valence electrons. The Morgan fingerprint density at radius 3 is 2.65 bits per heavy atom. The van der Waals surface area contributed by atoms with Crippen LogP contribution in [0.2, 0.25) is 0 Å². The summed E-state index contributed by atoms with van der Waals surface area (Å²) < 4.78 is 0. The lowest BCUT2D eigenvalue weighted by Crippen LogP contribution is -2.28. The second kappa shape index (κ2) is 9.89. The average Bonchev–Trinajstić information content (AvgIpc) is 2.27. The number of nitrogens with zero attached hydrogens (tertiary/aromatic N) is 1. The van der Waals surface area contributed by atoms with Crippen LogP contribution < -0.4 is 5.32 Å². The summed E-state index contributed by atoms with van der Waals surface area (Å²) in [6.45, 7) is 3.62. The molecule has 6 heteroatoms. The molecule has 0 aliphatic heterocycles. The molecule has 2 N–H and O–H groups in total. The third-order valence-corrected chi connectivity index (χ3v) is 2.53. The lowest BCUT2D eigenvalue weighted by atomic mass is 10.1. The Labute approximate surface area is 105 Å². The first-order valence-corrected chi connectivity index (χ1v) is 6.59. The molecule has 0 aromatic carbocycles. The standard InChI is InChI=1S/C11H18N2O3S/c1-3-4-5-6-7-8-9(14)12-10(17-2)13-11(15)16/h3H,1,4-8H2,2H3,(H,15,16)(H,12,13,14). The van der Waals surface area contributed by atoms with Crippen molar-refractivity contribution in [2.24, 2.45) is 4.99 Å². The van der Waals surface area contributed by atoms with E-state index in [2.05, 4.69) is 16.9 Å². The summed E-state index contributed by atoms with van der Waals surface area (Å²) in [6.07, 6.45) is 6.32. The third kappa shape index (κ3) is 9.62. The van der Waals surface area contributed by atoms with E-state index in [4.69, 9.17) is 5.11 Å². The van der Waals surface area contributed by atoms with Gasteiger partial charge in [-0.3, -0.25) is 4.79 Å². The Bertz CT molecular complexity index is 303. The van der Waals surface area contributed by atoms with Crippen LogP contribution in [0.5, 0.6) is 0 Å². The maximum Gasteiger partial charge on any atom is 0.433 e. The largest absolute Gasteiger partial charge is 0.463 e. The van der Waals surface area contributed by atoms with Gasteiger partial charge in [0.1, 0.15) is 0 Å². The summed E-state index contributed by atoms with van der Waals surface area (Å²) in [7, 11) is 0. The zero-order valence-corrected chi connectivity index (χ0v) is 10.8. The third-order valence-electron chi connectivity index (χ3n) is 1.95. The fraction of sp³-hybridized carbons (Fsp3) is 0.545. The van der Waals surface area contributed by atoms with Gasteiger partial charge in [-0.25, -0.2) is 4.79 Å². The number of aliphatic imine (C=N–C) groups is 1. The first-order valence-electron chi connectivity index (χ1n) is 5.36. The molecule has 0 fully saturated rings. The Balaban J connectivity index is 3.84. The van der Waals surface area contributed by atoms with E-state index in [1.54, 1.807) is 6.26 Å². The Kier molecular flexibility index (Phi) is 9.14. The number of amidine groups is 1. The van der Waals surface area contributed by atoms with Crippen LogP contribution in [0.3, 0.4) is 0 Å². The fourth-order valence-corrected chi connectivity index (χ4v) is 1.53. The summed E-state index contributed by atoms with van der Waals surface area (Å²) in [6, 6.07) is 0. The van der Waals surface area contributed by atoms with Crippen molar-refractivity contribution in [3.8, 4) is 0 Å². The molecule has 0 atom stereocenters. The minimum Gasteiger partial charge on any atom is -0.463 e. The number of thioether (sulfide) groups is 1. The number of hydrogen-bond donors (Lipinski definition) is 2. The molecule has 0 aromatic heterocycles. The maximum atomic E-state index is 11.4. The second-order valence-corrected chi connectivity index (χ2v) is 4.13. The highest BCUT2D eigenvalue weighted by Crippen LogP contribution is 2.04. The Morgan fingerprint density at radius 2 is 2.12 bits per heavy atom. The highest BCUT2D eigenvalue weighted by atomic mass is 32.2. The van der Waals surface area contributed by atoms with Crippen molar-refractivity contribution in [3.05, 3.63) is 12.7 Å². The van der Waals surface area contributed by atoms with Crippen LogP contribution in [0.25, 0.3) is 0 Å². The number of amides is 2. The highest BCUT2D eigenvalue weighted by molar-refractivity contribution is 8.13. The lowest BCUT2D eigenvalue weighted by molar-refractivity contribution is -0.119. The summed E-state index contributed by atoms with van der Waals surface area (Å²) >= 11 is 1.10. The van der Waals surface area contributed by atoms with Crippen LogP contribution in [-0.4, -0.2) is 28.5 Å². The molecule has 0 unspecified atom stereocenters. The van der Waals surface area contributed by atoms with Crippen molar-refractivity contribution < 1.29 is 14.7 Å². The molecule has 0 rings (SSSR count). The first kappa shape index (κ1) is 15.7. The molecule has 17 heavy (non-hydrogen) atoms. The van der Waals surface area contributed by atoms with Crippen molar-refractivity contribution in [2.75, 3.05) is 6.26 Å². The van der Waals surface area contributed by atoms with Gasteiger partial charge in [-0.05, 0) is 25.5 Å². The quantitative estimate of drug-likeness (QED) is 0.332. The highest BCUT2D eigenvalue weighted by Gasteiger charge is 2.06. The number of hydrogen-bond acceptors (Lipinski definition) is 3. The van der Waals surface area contributed by atoms with Gasteiger partial charge in [0.05, 0.1) is 0 Å². The zero-order valence-electron chi connectivity index (χ0n) is 9.94. The SMILES string of the molecule is C=CCCCCCC(=O)NC(=NC(=O)O)SC. The molecule has 0 saturated carbocycles. The minimum absolute atomic E-state index is 0.119. The molecule has 0 heterocycles. The fourth-order valence-electron chi connectivity index (χ4n) is 1.14. The number of allylic oxidation sites excluding steroid dienone is 1. The Hall–Kier alpha value is -1.30. The van der Waals surface area contributed by atoms with Crippen molar-refractivity contribution in [2.45, 2.75) is 32.1 Å². The second-order valence-electron chi connectivity index (χ2n) is 3.34. The predicted molar refractivity (Wildman–Crippen MR) is 70.4 cm³/mol. The zero-order chi connectivity index (χ0) is 13.1. The maximum absolute atomic E-state index is 11.4. The van der Waals surface area contributed by atoms with Gasteiger partial charge in [0.2, 0.25) is 5.91 Å². The van der Waals surface area contributed by atoms with Gasteiger partial charge in [0.15, 0.2) is 5.17 Å². The summed E-state index contributed by atoms with van der Waals surface area (Å²) in [4.78, 5) is 25.0. The van der Waals surface area contributed by atoms with Crippen LogP contribution in [0.15, 0.2) is 17.6 Å². The van der Waals surface area contributed by atoms with Crippen LogP contribution in [0.4, 0.5) is 4.79 Å². The van der Waals surface area contributed by atoms with Gasteiger partial charge < -0.3 is 10.4 Å². The average molecular weight is 258 g/mol. The number of carbonyl (C=O) groups excluding carboxylic acids is 1. The normalized spacial score (nSPS) is 11.0. The predicted octanol–water partition coefficient (Wildman–Crippen LogP) is 2.64.